The number of benzene rings is 2. The van der Waals surface area contributed by atoms with Gasteiger partial charge in [-0.3, -0.25) is 0 Å². The molecule has 0 heterocycles. The maximum Gasteiger partial charge on any atom is 0.142 e. The van der Waals surface area contributed by atoms with Gasteiger partial charge in [0.15, 0.2) is 0 Å². The summed E-state index contributed by atoms with van der Waals surface area (Å²) in [4.78, 5) is 0. The SMILES string of the molecule is Cc1ccc(Oc2ccc(C)c(Br)c2Br)c(Br)c1Br. The standard InChI is InChI=1S/C14H10Br4O/c1-7-3-5-9(13(17)11(7)15)19-10-6-4-8(2)12(16)14(10)18/h3-6H,1-2H3. The fourth-order valence-corrected chi connectivity index (χ4v) is 3.24. The second kappa shape index (κ2) is 6.29. The molecule has 0 saturated carbocycles. The Labute approximate surface area is 146 Å². The molecule has 2 aromatic carbocycles. The van der Waals surface area contributed by atoms with E-state index in [4.69, 9.17) is 4.74 Å². The molecule has 0 aliphatic carbocycles. The molecule has 0 unspecified atom stereocenters. The van der Waals surface area contributed by atoms with Gasteiger partial charge >= 0.3 is 0 Å². The number of ether oxygens (including phenoxy) is 1. The Bertz CT molecular complexity index is 582. The highest BCUT2D eigenvalue weighted by Crippen LogP contribution is 2.41. The average molecular weight is 514 g/mol. The van der Waals surface area contributed by atoms with Crippen LogP contribution in [0.1, 0.15) is 11.1 Å². The van der Waals surface area contributed by atoms with Crippen LogP contribution in [0.15, 0.2) is 42.2 Å². The number of aryl methyl sites for hydroxylation is 2. The molecule has 2 rings (SSSR count). The Kier molecular flexibility index (Phi) is 5.15. The lowest BCUT2D eigenvalue weighted by Gasteiger charge is -2.13. The molecule has 0 aliphatic heterocycles. The molecular weight excluding hydrogens is 504 g/mol. The lowest BCUT2D eigenvalue weighted by molar-refractivity contribution is 0.475. The molecule has 0 aromatic heterocycles. The first-order valence-corrected chi connectivity index (χ1v) is 8.66. The Hall–Kier alpha value is 0.160. The van der Waals surface area contributed by atoms with Crippen LogP contribution in [0.2, 0.25) is 0 Å². The normalized spacial score (nSPS) is 10.6. The monoisotopic (exact) mass is 510 g/mol. The van der Waals surface area contributed by atoms with Crippen LogP contribution in [0.4, 0.5) is 0 Å². The summed E-state index contributed by atoms with van der Waals surface area (Å²) in [6, 6.07) is 7.93. The predicted molar refractivity (Wildman–Crippen MR) is 93.2 cm³/mol. The van der Waals surface area contributed by atoms with Gasteiger partial charge in [-0.05, 0) is 101 Å². The van der Waals surface area contributed by atoms with Crippen molar-refractivity contribution in [1.82, 2.24) is 0 Å². The topological polar surface area (TPSA) is 9.23 Å². The third-order valence-electron chi connectivity index (χ3n) is 2.70. The summed E-state index contributed by atoms with van der Waals surface area (Å²) in [6.07, 6.45) is 0. The van der Waals surface area contributed by atoms with E-state index in [0.717, 1.165) is 40.5 Å². The van der Waals surface area contributed by atoms with Crippen LogP contribution in [0, 0.1) is 13.8 Å². The van der Waals surface area contributed by atoms with E-state index in [1.54, 1.807) is 0 Å². The van der Waals surface area contributed by atoms with Gasteiger partial charge in [-0.25, -0.2) is 0 Å². The van der Waals surface area contributed by atoms with Crippen molar-refractivity contribution in [2.75, 3.05) is 0 Å². The lowest BCUT2D eigenvalue weighted by atomic mass is 10.2. The van der Waals surface area contributed by atoms with E-state index in [-0.39, 0.29) is 0 Å². The van der Waals surface area contributed by atoms with Crippen molar-refractivity contribution in [3.05, 3.63) is 53.3 Å². The molecule has 1 nitrogen and oxygen atoms in total. The third kappa shape index (κ3) is 3.26. The quantitative estimate of drug-likeness (QED) is 0.414. The largest absolute Gasteiger partial charge is 0.455 e. The molecule has 0 N–H and O–H groups in total. The zero-order valence-corrected chi connectivity index (χ0v) is 16.6. The average Bonchev–Trinajstić information content (AvgIpc) is 2.39. The van der Waals surface area contributed by atoms with Crippen LogP contribution in [0.25, 0.3) is 0 Å². The van der Waals surface area contributed by atoms with E-state index < -0.39 is 0 Å². The molecule has 0 spiro atoms. The van der Waals surface area contributed by atoms with Crippen LogP contribution < -0.4 is 4.74 Å². The summed E-state index contributed by atoms with van der Waals surface area (Å²) in [5, 5.41) is 0. The van der Waals surface area contributed by atoms with E-state index in [1.807, 2.05) is 38.1 Å². The van der Waals surface area contributed by atoms with Gasteiger partial charge in [-0.2, -0.15) is 0 Å². The highest BCUT2D eigenvalue weighted by molar-refractivity contribution is 9.13. The molecule has 0 saturated heterocycles. The minimum atomic E-state index is 0.772. The molecule has 0 atom stereocenters. The number of hydrogen-bond acceptors (Lipinski definition) is 1. The molecule has 19 heavy (non-hydrogen) atoms. The van der Waals surface area contributed by atoms with E-state index in [2.05, 4.69) is 63.7 Å². The first-order valence-electron chi connectivity index (χ1n) is 5.49. The van der Waals surface area contributed by atoms with E-state index >= 15 is 0 Å². The molecule has 100 valence electrons. The van der Waals surface area contributed by atoms with Crippen molar-refractivity contribution in [1.29, 1.82) is 0 Å². The molecule has 0 bridgehead atoms. The zero-order chi connectivity index (χ0) is 14.2. The van der Waals surface area contributed by atoms with E-state index in [9.17, 15) is 0 Å². The molecule has 0 amide bonds. The Morgan fingerprint density at radius 1 is 0.632 bits per heavy atom. The third-order valence-corrected chi connectivity index (χ3v) is 7.38. The van der Waals surface area contributed by atoms with E-state index in [0.29, 0.717) is 0 Å². The fraction of sp³-hybridized carbons (Fsp3) is 0.143. The molecule has 0 aliphatic rings. The summed E-state index contributed by atoms with van der Waals surface area (Å²) >= 11 is 14.2. The highest BCUT2D eigenvalue weighted by atomic mass is 79.9. The predicted octanol–water partition coefficient (Wildman–Crippen LogP) is 7.15. The van der Waals surface area contributed by atoms with Crippen molar-refractivity contribution < 1.29 is 4.74 Å². The van der Waals surface area contributed by atoms with Crippen molar-refractivity contribution in [2.24, 2.45) is 0 Å². The minimum Gasteiger partial charge on any atom is -0.455 e. The minimum absolute atomic E-state index is 0.772. The number of hydrogen-bond donors (Lipinski definition) is 0. The van der Waals surface area contributed by atoms with Gasteiger partial charge in [-0.1, -0.05) is 12.1 Å². The second-order valence-electron chi connectivity index (χ2n) is 4.12. The Balaban J connectivity index is 2.43. The van der Waals surface area contributed by atoms with Crippen molar-refractivity contribution in [3.8, 4) is 11.5 Å². The van der Waals surface area contributed by atoms with Gasteiger partial charge in [0.05, 0.1) is 8.95 Å². The molecule has 0 radical (unpaired) electrons. The lowest BCUT2D eigenvalue weighted by Crippen LogP contribution is -1.90. The van der Waals surface area contributed by atoms with Crippen LogP contribution in [0.3, 0.4) is 0 Å². The Morgan fingerprint density at radius 3 is 1.37 bits per heavy atom. The summed E-state index contributed by atoms with van der Waals surface area (Å²) in [7, 11) is 0. The van der Waals surface area contributed by atoms with Gasteiger partial charge in [-0.15, -0.1) is 0 Å². The molecular formula is C14H10Br4O. The highest BCUT2D eigenvalue weighted by Gasteiger charge is 2.12. The van der Waals surface area contributed by atoms with Crippen molar-refractivity contribution >= 4 is 63.7 Å². The number of halogens is 4. The first-order chi connectivity index (χ1) is 8.91. The maximum absolute atomic E-state index is 5.96. The Morgan fingerprint density at radius 2 is 1.00 bits per heavy atom. The summed E-state index contributed by atoms with van der Waals surface area (Å²) < 4.78 is 9.80. The summed E-state index contributed by atoms with van der Waals surface area (Å²) in [6.45, 7) is 4.08. The van der Waals surface area contributed by atoms with Gasteiger partial charge in [0.1, 0.15) is 11.5 Å². The maximum atomic E-state index is 5.96. The first kappa shape index (κ1) is 15.5. The van der Waals surface area contributed by atoms with Crippen LogP contribution in [-0.2, 0) is 0 Å². The summed E-state index contributed by atoms with van der Waals surface area (Å²) in [5.41, 5.74) is 2.31. The smallest absolute Gasteiger partial charge is 0.142 e. The molecule has 0 fully saturated rings. The van der Waals surface area contributed by atoms with Crippen molar-refractivity contribution in [3.63, 3.8) is 0 Å². The molecule has 2 aromatic rings. The van der Waals surface area contributed by atoms with Crippen LogP contribution in [0.5, 0.6) is 11.5 Å². The van der Waals surface area contributed by atoms with Gasteiger partial charge < -0.3 is 4.74 Å². The van der Waals surface area contributed by atoms with Crippen LogP contribution in [-0.4, -0.2) is 0 Å². The van der Waals surface area contributed by atoms with Gasteiger partial charge in [0.2, 0.25) is 0 Å². The molecule has 5 heteroatoms. The van der Waals surface area contributed by atoms with Crippen molar-refractivity contribution in [2.45, 2.75) is 13.8 Å². The van der Waals surface area contributed by atoms with Crippen LogP contribution >= 0.6 is 63.7 Å². The van der Waals surface area contributed by atoms with E-state index in [1.165, 1.54) is 0 Å². The van der Waals surface area contributed by atoms with Gasteiger partial charge in [0, 0.05) is 8.95 Å². The van der Waals surface area contributed by atoms with Gasteiger partial charge in [0.25, 0.3) is 0 Å². The second-order valence-corrected chi connectivity index (χ2v) is 7.29. The fourth-order valence-electron chi connectivity index (χ4n) is 1.53. The summed E-state index contributed by atoms with van der Waals surface area (Å²) in [5.74, 6) is 1.54. The number of rotatable bonds is 2. The zero-order valence-electron chi connectivity index (χ0n) is 10.2.